The highest BCUT2D eigenvalue weighted by Crippen LogP contribution is 2.57. The number of piperidine rings is 1. The second-order valence-corrected chi connectivity index (χ2v) is 10.5. The number of amides is 1. The maximum Gasteiger partial charge on any atom is 0.410 e. The van der Waals surface area contributed by atoms with Crippen LogP contribution in [0.25, 0.3) is 0 Å². The first-order valence-corrected chi connectivity index (χ1v) is 11.5. The van der Waals surface area contributed by atoms with Gasteiger partial charge in [-0.1, -0.05) is 41.2 Å². The lowest BCUT2D eigenvalue weighted by Gasteiger charge is -2.54. The van der Waals surface area contributed by atoms with Gasteiger partial charge in [-0.25, -0.2) is 9.59 Å². The van der Waals surface area contributed by atoms with Crippen LogP contribution in [0.15, 0.2) is 0 Å². The average molecular weight is 528 g/mol. The summed E-state index contributed by atoms with van der Waals surface area (Å²) in [7, 11) is 0. The molecule has 0 bridgehead atoms. The highest BCUT2D eigenvalue weighted by atomic mass is 35.6. The van der Waals surface area contributed by atoms with Gasteiger partial charge < -0.3 is 19.3 Å². The summed E-state index contributed by atoms with van der Waals surface area (Å²) in [5, 5.41) is 20.0. The Morgan fingerprint density at radius 2 is 1.67 bits per heavy atom. The average Bonchev–Trinajstić information content (AvgIpc) is 2.75. The molecule has 0 unspecified atom stereocenters. The zero-order chi connectivity index (χ0) is 25.0. The van der Waals surface area contributed by atoms with Crippen LogP contribution in [0, 0.1) is 28.1 Å². The van der Waals surface area contributed by atoms with Crippen molar-refractivity contribution < 1.29 is 38.5 Å². The molecule has 1 aliphatic heterocycles. The van der Waals surface area contributed by atoms with Crippen LogP contribution in [0.3, 0.4) is 0 Å². The van der Waals surface area contributed by atoms with Gasteiger partial charge in [0.2, 0.25) is 3.79 Å². The summed E-state index contributed by atoms with van der Waals surface area (Å²) in [6.07, 6.45) is -0.942. The molecule has 2 fully saturated rings. The molecule has 33 heavy (non-hydrogen) atoms. The van der Waals surface area contributed by atoms with E-state index in [1.54, 1.807) is 13.8 Å². The Morgan fingerprint density at radius 3 is 2.12 bits per heavy atom. The molecule has 1 aliphatic carbocycles. The Balaban J connectivity index is 2.54. The molecular formula is C20H25Cl3N2O8. The summed E-state index contributed by atoms with van der Waals surface area (Å²) in [5.41, 5.74) is -3.30. The summed E-state index contributed by atoms with van der Waals surface area (Å²) in [6.45, 7) is 2.05. The number of aliphatic carboxylic acids is 1. The number of carboxylic acid groups (broad SMARTS) is 1. The highest BCUT2D eigenvalue weighted by molar-refractivity contribution is 6.67. The first kappa shape index (κ1) is 27.3. The maximum atomic E-state index is 13.1. The van der Waals surface area contributed by atoms with Crippen LogP contribution in [-0.2, 0) is 28.6 Å². The minimum atomic E-state index is -1.92. The number of fused-ring (bicyclic) bond motifs is 1. The van der Waals surface area contributed by atoms with Crippen LogP contribution < -0.4 is 0 Å². The molecule has 2 rings (SSSR count). The Labute approximate surface area is 206 Å². The van der Waals surface area contributed by atoms with Crippen molar-refractivity contribution in [2.24, 2.45) is 16.7 Å². The molecule has 0 aromatic heterocycles. The van der Waals surface area contributed by atoms with Gasteiger partial charge in [-0.3, -0.25) is 14.5 Å². The van der Waals surface area contributed by atoms with Crippen LogP contribution in [0.1, 0.15) is 39.5 Å². The molecule has 0 radical (unpaired) electrons. The van der Waals surface area contributed by atoms with Gasteiger partial charge in [0.1, 0.15) is 12.6 Å². The maximum absolute atomic E-state index is 13.1. The minimum Gasteiger partial charge on any atom is -0.480 e. The van der Waals surface area contributed by atoms with E-state index in [2.05, 4.69) is 6.07 Å². The zero-order valence-electron chi connectivity index (χ0n) is 18.1. The van der Waals surface area contributed by atoms with Crippen LogP contribution in [0.5, 0.6) is 0 Å². The van der Waals surface area contributed by atoms with E-state index < -0.39 is 63.7 Å². The largest absolute Gasteiger partial charge is 0.480 e. The highest BCUT2D eigenvalue weighted by Gasteiger charge is 2.67. The van der Waals surface area contributed by atoms with E-state index >= 15 is 0 Å². The number of halogens is 3. The zero-order valence-corrected chi connectivity index (χ0v) is 20.4. The number of carboxylic acids is 1. The lowest BCUT2D eigenvalue weighted by Crippen LogP contribution is -2.65. The number of nitrogens with zero attached hydrogens (tertiary/aromatic N) is 2. The van der Waals surface area contributed by atoms with Gasteiger partial charge >= 0.3 is 24.0 Å². The number of ether oxygens (including phenoxy) is 3. The quantitative estimate of drug-likeness (QED) is 0.238. The van der Waals surface area contributed by atoms with Crippen molar-refractivity contribution in [2.45, 2.75) is 49.4 Å². The van der Waals surface area contributed by atoms with E-state index in [1.165, 1.54) is 0 Å². The fraction of sp³-hybridized carbons (Fsp3) is 0.750. The Kier molecular flexibility index (Phi) is 8.71. The third-order valence-corrected chi connectivity index (χ3v) is 6.45. The summed E-state index contributed by atoms with van der Waals surface area (Å²) in [5.74, 6) is -4.21. The lowest BCUT2D eigenvalue weighted by atomic mass is 9.51. The van der Waals surface area contributed by atoms with Crippen LogP contribution in [-0.4, -0.2) is 70.2 Å². The van der Waals surface area contributed by atoms with Gasteiger partial charge in [0.15, 0.2) is 5.41 Å². The van der Waals surface area contributed by atoms with Gasteiger partial charge in [-0.05, 0) is 33.1 Å². The van der Waals surface area contributed by atoms with Crippen LogP contribution in [0.4, 0.5) is 4.79 Å². The normalized spacial score (nSPS) is 26.4. The monoisotopic (exact) mass is 526 g/mol. The molecule has 184 valence electrons. The molecule has 1 N–H and O–H groups in total. The molecule has 0 aromatic rings. The molecule has 3 atom stereocenters. The number of hydrogen-bond acceptors (Lipinski definition) is 8. The third-order valence-electron chi connectivity index (χ3n) is 6.12. The van der Waals surface area contributed by atoms with E-state index in [9.17, 15) is 29.5 Å². The lowest BCUT2D eigenvalue weighted by molar-refractivity contribution is -0.191. The Hall–Kier alpha value is -1.96. The standard InChI is InChI=1S/C20H25Cl3N2O8/c1-3-31-15(28)19(16(29)32-4-2)7-5-6-18(9-24)10-25(12(14(26)27)8-13(18)19)17(30)33-11-20(21,22)23/h12-13H,3-8,10-11H2,1-2H3,(H,26,27)/t12-,13-,18+/m0/s1. The molecule has 0 aromatic carbocycles. The van der Waals surface area contributed by atoms with Crippen LogP contribution in [0.2, 0.25) is 0 Å². The summed E-state index contributed by atoms with van der Waals surface area (Å²) in [6, 6.07) is 0.649. The molecule has 1 saturated heterocycles. The van der Waals surface area contributed by atoms with E-state index in [0.29, 0.717) is 0 Å². The second kappa shape index (κ2) is 10.5. The molecular weight excluding hydrogens is 503 g/mol. The van der Waals surface area contributed by atoms with E-state index in [4.69, 9.17) is 49.0 Å². The fourth-order valence-electron chi connectivity index (χ4n) is 4.80. The van der Waals surface area contributed by atoms with Crippen molar-refractivity contribution >= 4 is 58.8 Å². The molecule has 1 saturated carbocycles. The number of esters is 2. The number of likely N-dealkylation sites (tertiary alicyclic amines) is 1. The smallest absolute Gasteiger partial charge is 0.410 e. The number of nitriles is 1. The van der Waals surface area contributed by atoms with Crippen LogP contribution >= 0.6 is 34.8 Å². The predicted molar refractivity (Wildman–Crippen MR) is 115 cm³/mol. The molecule has 0 spiro atoms. The van der Waals surface area contributed by atoms with Crippen molar-refractivity contribution in [3.8, 4) is 6.07 Å². The van der Waals surface area contributed by atoms with Gasteiger partial charge in [0.05, 0.1) is 24.7 Å². The number of carbonyl (C=O) groups is 4. The van der Waals surface area contributed by atoms with E-state index in [0.717, 1.165) is 4.90 Å². The molecule has 10 nitrogen and oxygen atoms in total. The fourth-order valence-corrected chi connectivity index (χ4v) is 4.96. The number of rotatable bonds is 6. The summed E-state index contributed by atoms with van der Waals surface area (Å²) >= 11 is 16.8. The van der Waals surface area contributed by atoms with Gasteiger partial charge in [-0.2, -0.15) is 5.26 Å². The molecule has 1 heterocycles. The summed E-state index contributed by atoms with van der Waals surface area (Å²) < 4.78 is 13.4. The van der Waals surface area contributed by atoms with Crippen molar-refractivity contribution in [1.82, 2.24) is 4.90 Å². The van der Waals surface area contributed by atoms with E-state index in [1.807, 2.05) is 0 Å². The second-order valence-electron chi connectivity index (χ2n) is 7.97. The van der Waals surface area contributed by atoms with Crippen molar-refractivity contribution in [2.75, 3.05) is 26.4 Å². The van der Waals surface area contributed by atoms with Gasteiger partial charge in [0.25, 0.3) is 0 Å². The topological polar surface area (TPSA) is 143 Å². The van der Waals surface area contributed by atoms with Crippen molar-refractivity contribution in [3.05, 3.63) is 0 Å². The minimum absolute atomic E-state index is 0.0237. The molecule has 2 aliphatic rings. The first-order chi connectivity index (χ1) is 15.4. The SMILES string of the molecule is CCOC(=O)C1(C(=O)OCC)CCC[C@@]2(C#N)CN(C(=O)OCC(Cl)(Cl)Cl)[C@H](C(=O)O)C[C@H]12. The van der Waals surface area contributed by atoms with Gasteiger partial charge in [-0.15, -0.1) is 0 Å². The Morgan fingerprint density at radius 1 is 1.09 bits per heavy atom. The van der Waals surface area contributed by atoms with Crippen molar-refractivity contribution in [1.29, 1.82) is 5.26 Å². The Bertz CT molecular complexity index is 822. The van der Waals surface area contributed by atoms with E-state index in [-0.39, 0.29) is 38.9 Å². The summed E-state index contributed by atoms with van der Waals surface area (Å²) in [4.78, 5) is 51.9. The molecule has 1 amide bonds. The van der Waals surface area contributed by atoms with Gasteiger partial charge in [0, 0.05) is 12.5 Å². The number of carbonyl (C=O) groups excluding carboxylic acids is 3. The third kappa shape index (κ3) is 5.42. The predicted octanol–water partition coefficient (Wildman–Crippen LogP) is 3.07. The number of alkyl halides is 3. The number of hydrogen-bond donors (Lipinski definition) is 1. The first-order valence-electron chi connectivity index (χ1n) is 10.4. The molecule has 13 heteroatoms. The van der Waals surface area contributed by atoms with Crippen molar-refractivity contribution in [3.63, 3.8) is 0 Å².